The lowest BCUT2D eigenvalue weighted by Gasteiger charge is -2.19. The van der Waals surface area contributed by atoms with Crippen molar-refractivity contribution in [3.8, 4) is 0 Å². The van der Waals surface area contributed by atoms with Gasteiger partial charge in [0.2, 0.25) is 5.91 Å². The number of rotatable bonds is 10. The van der Waals surface area contributed by atoms with Gasteiger partial charge in [0, 0.05) is 19.7 Å². The molecule has 1 aromatic carbocycles. The van der Waals surface area contributed by atoms with Crippen molar-refractivity contribution in [3.63, 3.8) is 0 Å². The summed E-state index contributed by atoms with van der Waals surface area (Å²) >= 11 is 0. The van der Waals surface area contributed by atoms with Crippen molar-refractivity contribution in [1.82, 2.24) is 10.6 Å². The van der Waals surface area contributed by atoms with Crippen LogP contribution in [0.2, 0.25) is 0 Å². The zero-order chi connectivity index (χ0) is 18.7. The third-order valence-electron chi connectivity index (χ3n) is 3.89. The summed E-state index contributed by atoms with van der Waals surface area (Å²) in [5.41, 5.74) is 5.90. The zero-order valence-corrected chi connectivity index (χ0v) is 18.6. The third kappa shape index (κ3) is 9.38. The van der Waals surface area contributed by atoms with Crippen LogP contribution in [0.4, 0.5) is 0 Å². The number of carbonyl (C=O) groups is 1. The van der Waals surface area contributed by atoms with Gasteiger partial charge in [-0.25, -0.2) is 0 Å². The Hall–Kier alpha value is -1.35. The molecule has 0 aromatic heterocycles. The molecule has 0 saturated heterocycles. The fourth-order valence-electron chi connectivity index (χ4n) is 2.06. The maximum atomic E-state index is 11.4. The van der Waals surface area contributed by atoms with Crippen LogP contribution in [-0.2, 0) is 9.53 Å². The molecule has 0 aliphatic carbocycles. The van der Waals surface area contributed by atoms with E-state index in [1.54, 1.807) is 13.8 Å². The summed E-state index contributed by atoms with van der Waals surface area (Å²) in [6, 6.07) is 10.2. The number of carbonyl (C=O) groups excluding carboxylic acids is 1. The van der Waals surface area contributed by atoms with Gasteiger partial charge in [-0.3, -0.25) is 9.79 Å². The number of amides is 1. The smallest absolute Gasteiger partial charge is 0.224 e. The number of aliphatic imine (C=N–C) groups is 1. The minimum Gasteiger partial charge on any atom is -0.374 e. The fourth-order valence-corrected chi connectivity index (χ4v) is 2.06. The number of nitrogens with one attached hydrogen (secondary N) is 2. The lowest BCUT2D eigenvalue weighted by Crippen LogP contribution is -2.40. The Bertz CT molecular complexity index is 550. The number of nitrogens with zero attached hydrogens (tertiary/aromatic N) is 1. The van der Waals surface area contributed by atoms with Crippen molar-refractivity contribution in [3.05, 3.63) is 35.9 Å². The van der Waals surface area contributed by atoms with Crippen LogP contribution in [0.15, 0.2) is 35.3 Å². The van der Waals surface area contributed by atoms with E-state index in [1.165, 1.54) is 5.56 Å². The highest BCUT2D eigenvalue weighted by molar-refractivity contribution is 14.0. The first-order valence-corrected chi connectivity index (χ1v) is 8.85. The Labute approximate surface area is 174 Å². The lowest BCUT2D eigenvalue weighted by atomic mass is 9.93. The predicted molar refractivity (Wildman–Crippen MR) is 118 cm³/mol. The summed E-state index contributed by atoms with van der Waals surface area (Å²) in [4.78, 5) is 15.8. The van der Waals surface area contributed by atoms with Gasteiger partial charge >= 0.3 is 0 Å². The predicted octanol–water partition coefficient (Wildman–Crippen LogP) is 2.84. The van der Waals surface area contributed by atoms with Gasteiger partial charge in [-0.1, -0.05) is 30.3 Å². The van der Waals surface area contributed by atoms with Crippen LogP contribution < -0.4 is 16.4 Å². The van der Waals surface area contributed by atoms with Crippen LogP contribution in [0.5, 0.6) is 0 Å². The molecule has 0 aliphatic rings. The molecule has 1 unspecified atom stereocenters. The molecule has 0 aliphatic heterocycles. The molecule has 0 heterocycles. The van der Waals surface area contributed by atoms with Crippen LogP contribution in [0.3, 0.4) is 0 Å². The van der Waals surface area contributed by atoms with Crippen LogP contribution in [0.25, 0.3) is 0 Å². The Balaban J connectivity index is 0.00000625. The Kier molecular flexibility index (Phi) is 12.2. The molecule has 4 N–H and O–H groups in total. The Morgan fingerprint density at radius 1 is 1.27 bits per heavy atom. The summed E-state index contributed by atoms with van der Waals surface area (Å²) in [6.07, 6.45) is 0.945. The number of ether oxygens (including phenoxy) is 1. The standard InChI is InChI=1S/C19H32N4O2.HI/c1-5-21-18(23-14-19(3,4)17(20)24)22-12-9-13-25-15(2)16-10-7-6-8-11-16;/h6-8,10-11,15H,5,9,12-14H2,1-4H3,(H2,20,24)(H2,21,22,23);1H. The van der Waals surface area contributed by atoms with Gasteiger partial charge in [0.05, 0.1) is 18.1 Å². The number of hydrogen-bond acceptors (Lipinski definition) is 3. The van der Waals surface area contributed by atoms with Crippen LogP contribution in [0, 0.1) is 5.41 Å². The largest absolute Gasteiger partial charge is 0.374 e. The summed E-state index contributed by atoms with van der Waals surface area (Å²) in [6.45, 7) is 10.1. The minimum atomic E-state index is -0.656. The Morgan fingerprint density at radius 2 is 1.92 bits per heavy atom. The van der Waals surface area contributed by atoms with Gasteiger partial charge in [-0.2, -0.15) is 0 Å². The number of guanidine groups is 1. The molecule has 0 bridgehead atoms. The molecular weight excluding hydrogens is 443 g/mol. The van der Waals surface area contributed by atoms with Gasteiger partial charge in [-0.15, -0.1) is 24.0 Å². The molecule has 1 aromatic rings. The van der Waals surface area contributed by atoms with Crippen molar-refractivity contribution in [2.24, 2.45) is 16.1 Å². The summed E-state index contributed by atoms with van der Waals surface area (Å²) in [5, 5.41) is 6.42. The summed E-state index contributed by atoms with van der Waals surface area (Å²) in [5.74, 6) is 0.336. The fraction of sp³-hybridized carbons (Fsp3) is 0.579. The Morgan fingerprint density at radius 3 is 2.50 bits per heavy atom. The average Bonchev–Trinajstić information content (AvgIpc) is 2.59. The highest BCUT2D eigenvalue weighted by atomic mass is 127. The molecule has 0 radical (unpaired) electrons. The van der Waals surface area contributed by atoms with Gasteiger partial charge in [0.1, 0.15) is 0 Å². The van der Waals surface area contributed by atoms with E-state index in [0.29, 0.717) is 19.1 Å². The highest BCUT2D eigenvalue weighted by Crippen LogP contribution is 2.16. The quantitative estimate of drug-likeness (QED) is 0.210. The maximum absolute atomic E-state index is 11.4. The molecule has 1 atom stereocenters. The van der Waals surface area contributed by atoms with E-state index in [1.807, 2.05) is 25.1 Å². The van der Waals surface area contributed by atoms with Crippen molar-refractivity contribution in [1.29, 1.82) is 0 Å². The van der Waals surface area contributed by atoms with E-state index >= 15 is 0 Å². The minimum absolute atomic E-state index is 0. The van der Waals surface area contributed by atoms with Gasteiger partial charge < -0.3 is 21.1 Å². The first kappa shape index (κ1) is 24.7. The SMILES string of the molecule is CCNC(=NCC(C)(C)C(N)=O)NCCCOC(C)c1ccccc1.I. The molecule has 26 heavy (non-hydrogen) atoms. The normalized spacial score (nSPS) is 12.8. The van der Waals surface area contributed by atoms with Gasteiger partial charge in [0.15, 0.2) is 5.96 Å². The van der Waals surface area contributed by atoms with E-state index < -0.39 is 5.41 Å². The molecule has 0 saturated carbocycles. The van der Waals surface area contributed by atoms with E-state index in [2.05, 4.69) is 34.7 Å². The maximum Gasteiger partial charge on any atom is 0.224 e. The number of primary amides is 1. The molecule has 7 heteroatoms. The van der Waals surface area contributed by atoms with Crippen LogP contribution >= 0.6 is 24.0 Å². The van der Waals surface area contributed by atoms with Crippen LogP contribution in [-0.4, -0.2) is 38.1 Å². The van der Waals surface area contributed by atoms with Gasteiger partial charge in [0.25, 0.3) is 0 Å². The molecular formula is C19H33IN4O2. The van der Waals surface area contributed by atoms with Crippen molar-refractivity contribution in [2.45, 2.75) is 40.2 Å². The van der Waals surface area contributed by atoms with E-state index in [4.69, 9.17) is 10.5 Å². The molecule has 1 amide bonds. The zero-order valence-electron chi connectivity index (χ0n) is 16.2. The topological polar surface area (TPSA) is 88.7 Å². The average molecular weight is 476 g/mol. The second kappa shape index (κ2) is 12.9. The first-order valence-electron chi connectivity index (χ1n) is 8.85. The van der Waals surface area contributed by atoms with Crippen molar-refractivity contribution < 1.29 is 9.53 Å². The lowest BCUT2D eigenvalue weighted by molar-refractivity contribution is -0.125. The first-order chi connectivity index (χ1) is 11.9. The number of halogens is 1. The highest BCUT2D eigenvalue weighted by Gasteiger charge is 2.24. The molecule has 6 nitrogen and oxygen atoms in total. The second-order valence-electron chi connectivity index (χ2n) is 6.65. The van der Waals surface area contributed by atoms with E-state index in [9.17, 15) is 4.79 Å². The number of benzene rings is 1. The molecule has 1 rings (SSSR count). The van der Waals surface area contributed by atoms with Crippen LogP contribution in [0.1, 0.15) is 45.8 Å². The van der Waals surface area contributed by atoms with Crippen molar-refractivity contribution in [2.75, 3.05) is 26.2 Å². The number of hydrogen-bond donors (Lipinski definition) is 3. The summed E-state index contributed by atoms with van der Waals surface area (Å²) < 4.78 is 5.85. The van der Waals surface area contributed by atoms with Crippen molar-refractivity contribution >= 4 is 35.8 Å². The van der Waals surface area contributed by atoms with Gasteiger partial charge in [-0.05, 0) is 39.7 Å². The van der Waals surface area contributed by atoms with E-state index in [-0.39, 0.29) is 36.0 Å². The molecule has 0 spiro atoms. The third-order valence-corrected chi connectivity index (χ3v) is 3.89. The monoisotopic (exact) mass is 476 g/mol. The van der Waals surface area contributed by atoms with E-state index in [0.717, 1.165) is 19.5 Å². The second-order valence-corrected chi connectivity index (χ2v) is 6.65. The number of nitrogens with two attached hydrogens (primary N) is 1. The molecule has 0 fully saturated rings. The summed E-state index contributed by atoms with van der Waals surface area (Å²) in [7, 11) is 0. The molecule has 148 valence electrons.